The number of aryl methyl sites for hydroxylation is 2. The van der Waals surface area contributed by atoms with E-state index in [9.17, 15) is 4.79 Å². The Balaban J connectivity index is 2.65. The van der Waals surface area contributed by atoms with Gasteiger partial charge >= 0.3 is 5.97 Å². The van der Waals surface area contributed by atoms with Crippen molar-refractivity contribution in [1.82, 2.24) is 9.78 Å². The Kier molecular flexibility index (Phi) is 8.64. The number of methoxy groups -OCH3 is 1. The van der Waals surface area contributed by atoms with Crippen LogP contribution >= 0.6 is 11.6 Å². The van der Waals surface area contributed by atoms with Crippen LogP contribution in [0.25, 0.3) is 11.3 Å². The van der Waals surface area contributed by atoms with E-state index in [2.05, 4.69) is 43.0 Å². The van der Waals surface area contributed by atoms with Crippen molar-refractivity contribution >= 4 is 35.1 Å². The zero-order chi connectivity index (χ0) is 24.1. The number of hydrogen-bond acceptors (Lipinski definition) is 6. The van der Waals surface area contributed by atoms with E-state index < -0.39 is 12.3 Å². The van der Waals surface area contributed by atoms with E-state index in [-0.39, 0.29) is 12.0 Å². The Morgan fingerprint density at radius 1 is 1.25 bits per heavy atom. The van der Waals surface area contributed by atoms with Crippen LogP contribution in [-0.4, -0.2) is 49.0 Å². The SMILES string of the molecule is CN=C/C(=C(/OC(C)OC(=O)COC)c1c(Cl)c(C)nn1C)c1ccc(C(C)(C)C)cc1. The van der Waals surface area contributed by atoms with Gasteiger partial charge in [0.2, 0.25) is 6.29 Å². The van der Waals surface area contributed by atoms with Gasteiger partial charge in [-0.15, -0.1) is 0 Å². The minimum absolute atomic E-state index is 0.0209. The molecule has 7 nitrogen and oxygen atoms in total. The van der Waals surface area contributed by atoms with E-state index in [0.29, 0.717) is 27.7 Å². The van der Waals surface area contributed by atoms with Crippen molar-refractivity contribution in [3.8, 4) is 0 Å². The molecule has 0 radical (unpaired) electrons. The molecule has 32 heavy (non-hydrogen) atoms. The number of carbonyl (C=O) groups excluding carboxylic acids is 1. The number of nitrogens with zero attached hydrogens (tertiary/aromatic N) is 3. The minimum Gasteiger partial charge on any atom is -0.452 e. The third kappa shape index (κ3) is 6.20. The lowest BCUT2D eigenvalue weighted by Crippen LogP contribution is -2.21. The molecule has 0 aliphatic rings. The summed E-state index contributed by atoms with van der Waals surface area (Å²) < 4.78 is 17.9. The minimum atomic E-state index is -0.895. The van der Waals surface area contributed by atoms with Crippen molar-refractivity contribution in [2.75, 3.05) is 20.8 Å². The fourth-order valence-electron chi connectivity index (χ4n) is 3.20. The summed E-state index contributed by atoms with van der Waals surface area (Å²) in [5.74, 6) is -0.128. The van der Waals surface area contributed by atoms with Gasteiger partial charge < -0.3 is 14.2 Å². The third-order valence-electron chi connectivity index (χ3n) is 4.77. The zero-order valence-electron chi connectivity index (χ0n) is 20.0. The first-order valence-electron chi connectivity index (χ1n) is 10.3. The van der Waals surface area contributed by atoms with Crippen LogP contribution in [0.3, 0.4) is 0 Å². The highest BCUT2D eigenvalue weighted by atomic mass is 35.5. The maximum atomic E-state index is 11.9. The van der Waals surface area contributed by atoms with Crippen molar-refractivity contribution in [2.45, 2.75) is 46.3 Å². The second-order valence-electron chi connectivity index (χ2n) is 8.44. The monoisotopic (exact) mass is 461 g/mol. The van der Waals surface area contributed by atoms with Crippen molar-refractivity contribution in [3.05, 3.63) is 51.8 Å². The summed E-state index contributed by atoms with van der Waals surface area (Å²) in [5.41, 5.74) is 4.01. The van der Waals surface area contributed by atoms with Crippen molar-refractivity contribution in [1.29, 1.82) is 0 Å². The first-order valence-corrected chi connectivity index (χ1v) is 10.7. The summed E-state index contributed by atoms with van der Waals surface area (Å²) >= 11 is 6.59. The summed E-state index contributed by atoms with van der Waals surface area (Å²) in [4.78, 5) is 16.1. The topological polar surface area (TPSA) is 74.9 Å². The molecule has 1 unspecified atom stereocenters. The smallest absolute Gasteiger partial charge is 0.335 e. The number of carbonyl (C=O) groups is 1. The van der Waals surface area contributed by atoms with E-state index in [1.54, 1.807) is 31.9 Å². The van der Waals surface area contributed by atoms with E-state index in [4.69, 9.17) is 25.8 Å². The molecule has 0 aliphatic heterocycles. The number of aromatic nitrogens is 2. The summed E-state index contributed by atoms with van der Waals surface area (Å²) in [6.07, 6.45) is 0.803. The van der Waals surface area contributed by atoms with Gasteiger partial charge in [-0.2, -0.15) is 5.10 Å². The average Bonchev–Trinajstić information content (AvgIpc) is 2.96. The Hall–Kier alpha value is -2.64. The first-order chi connectivity index (χ1) is 15.0. The lowest BCUT2D eigenvalue weighted by molar-refractivity contribution is -0.168. The largest absolute Gasteiger partial charge is 0.452 e. The lowest BCUT2D eigenvalue weighted by atomic mass is 9.86. The van der Waals surface area contributed by atoms with Crippen molar-refractivity contribution in [2.24, 2.45) is 12.0 Å². The van der Waals surface area contributed by atoms with Crippen LogP contribution in [0, 0.1) is 6.92 Å². The van der Waals surface area contributed by atoms with E-state index >= 15 is 0 Å². The molecule has 0 amide bonds. The Morgan fingerprint density at radius 3 is 2.34 bits per heavy atom. The highest BCUT2D eigenvalue weighted by Crippen LogP contribution is 2.34. The number of esters is 1. The maximum Gasteiger partial charge on any atom is 0.335 e. The zero-order valence-corrected chi connectivity index (χ0v) is 20.8. The molecule has 1 heterocycles. The van der Waals surface area contributed by atoms with Gasteiger partial charge in [0.1, 0.15) is 12.3 Å². The Labute approximate surface area is 195 Å². The molecular formula is C24H32ClN3O4. The fourth-order valence-corrected chi connectivity index (χ4v) is 3.44. The molecule has 0 bridgehead atoms. The van der Waals surface area contributed by atoms with Gasteiger partial charge in [-0.25, -0.2) is 4.79 Å². The molecule has 174 valence electrons. The molecule has 0 saturated carbocycles. The maximum absolute atomic E-state index is 11.9. The molecule has 0 fully saturated rings. The van der Waals surface area contributed by atoms with Crippen LogP contribution in [0.15, 0.2) is 29.3 Å². The van der Waals surface area contributed by atoms with E-state index in [1.807, 2.05) is 19.1 Å². The van der Waals surface area contributed by atoms with Gasteiger partial charge in [-0.1, -0.05) is 56.6 Å². The molecule has 0 spiro atoms. The molecule has 1 aromatic heterocycles. The van der Waals surface area contributed by atoms with Crippen LogP contribution in [0.5, 0.6) is 0 Å². The van der Waals surface area contributed by atoms with Crippen LogP contribution in [0.4, 0.5) is 0 Å². The molecule has 2 rings (SSSR count). The van der Waals surface area contributed by atoms with Crippen LogP contribution in [0.2, 0.25) is 5.02 Å². The summed E-state index contributed by atoms with van der Waals surface area (Å²) in [7, 11) is 4.88. The summed E-state index contributed by atoms with van der Waals surface area (Å²) in [6.45, 7) is 9.76. The molecule has 0 saturated heterocycles. The van der Waals surface area contributed by atoms with Crippen LogP contribution < -0.4 is 0 Å². The van der Waals surface area contributed by atoms with Gasteiger partial charge in [0.05, 0.1) is 10.7 Å². The second-order valence-corrected chi connectivity index (χ2v) is 8.82. The first kappa shape index (κ1) is 25.6. The number of halogens is 1. The standard InChI is InChI=1S/C24H32ClN3O4/c1-15-21(25)22(28(7)27-15)23(32-16(2)31-20(29)14-30-8)19(13-26-6)17-9-11-18(12-10-17)24(3,4)5/h9-13,16H,14H2,1-8H3/b23-19-,26-13?. The molecular weight excluding hydrogens is 430 g/mol. The van der Waals surface area contributed by atoms with Crippen LogP contribution in [0.1, 0.15) is 50.2 Å². The second kappa shape index (κ2) is 10.8. The van der Waals surface area contributed by atoms with Crippen molar-refractivity contribution < 1.29 is 19.0 Å². The van der Waals surface area contributed by atoms with Gasteiger partial charge in [-0.3, -0.25) is 9.67 Å². The Morgan fingerprint density at radius 2 is 1.88 bits per heavy atom. The lowest BCUT2D eigenvalue weighted by Gasteiger charge is -2.22. The number of benzene rings is 1. The molecule has 1 atom stereocenters. The summed E-state index contributed by atoms with van der Waals surface area (Å²) in [6, 6.07) is 8.18. The number of aliphatic imine (C=N–C) groups is 1. The van der Waals surface area contributed by atoms with E-state index in [0.717, 1.165) is 5.56 Å². The highest BCUT2D eigenvalue weighted by Gasteiger charge is 2.24. The number of rotatable bonds is 8. The number of ether oxygens (including phenoxy) is 3. The van der Waals surface area contributed by atoms with Crippen molar-refractivity contribution in [3.63, 3.8) is 0 Å². The summed E-state index contributed by atoms with van der Waals surface area (Å²) in [5, 5.41) is 4.86. The van der Waals surface area contributed by atoms with Gasteiger partial charge in [0.15, 0.2) is 5.76 Å². The normalized spacial score (nSPS) is 13.8. The average molecular weight is 462 g/mol. The molecule has 0 aliphatic carbocycles. The molecule has 2 aromatic rings. The Bertz CT molecular complexity index is 1000. The third-order valence-corrected chi connectivity index (χ3v) is 5.22. The number of hydrogen-bond donors (Lipinski definition) is 0. The molecule has 8 heteroatoms. The predicted molar refractivity (Wildman–Crippen MR) is 128 cm³/mol. The quantitative estimate of drug-likeness (QED) is 0.244. The predicted octanol–water partition coefficient (Wildman–Crippen LogP) is 4.80. The molecule has 0 N–H and O–H groups in total. The highest BCUT2D eigenvalue weighted by molar-refractivity contribution is 6.33. The number of allylic oxidation sites excluding steroid dienone is 1. The van der Waals surface area contributed by atoms with E-state index in [1.165, 1.54) is 12.7 Å². The van der Waals surface area contributed by atoms with Crippen LogP contribution in [-0.2, 0) is 31.5 Å². The van der Waals surface area contributed by atoms with Gasteiger partial charge in [0.25, 0.3) is 0 Å². The van der Waals surface area contributed by atoms with Gasteiger partial charge in [0, 0.05) is 39.9 Å². The molecule has 1 aromatic carbocycles. The van der Waals surface area contributed by atoms with Gasteiger partial charge in [-0.05, 0) is 23.5 Å². The fraction of sp³-hybridized carbons (Fsp3) is 0.458.